The number of primary amides is 1. The molecule has 0 atom stereocenters. The molecule has 7 heteroatoms. The second-order valence-corrected chi connectivity index (χ2v) is 3.82. The van der Waals surface area contributed by atoms with Gasteiger partial charge in [-0.1, -0.05) is 11.6 Å². The van der Waals surface area contributed by atoms with Crippen LogP contribution in [0.15, 0.2) is 6.20 Å². The Kier molecular flexibility index (Phi) is 5.48. The molecule has 1 aromatic rings. The van der Waals surface area contributed by atoms with Gasteiger partial charge in [-0.15, -0.1) is 0 Å². The van der Waals surface area contributed by atoms with Crippen LogP contribution in [0.3, 0.4) is 0 Å². The molecule has 0 bridgehead atoms. The molecule has 0 saturated heterocycles. The molecule has 0 saturated carbocycles. The van der Waals surface area contributed by atoms with Gasteiger partial charge in [0.2, 0.25) is 11.9 Å². The van der Waals surface area contributed by atoms with Crippen LogP contribution < -0.4 is 16.4 Å². The van der Waals surface area contributed by atoms with Gasteiger partial charge in [0.1, 0.15) is 10.8 Å². The summed E-state index contributed by atoms with van der Waals surface area (Å²) in [6.07, 6.45) is 2.52. The van der Waals surface area contributed by atoms with Crippen LogP contribution in [-0.4, -0.2) is 29.0 Å². The third-order valence-electron chi connectivity index (χ3n) is 1.97. The maximum Gasteiger partial charge on any atom is 0.224 e. The molecule has 0 aliphatic heterocycles. The van der Waals surface area contributed by atoms with Gasteiger partial charge >= 0.3 is 0 Å². The summed E-state index contributed by atoms with van der Waals surface area (Å²) in [4.78, 5) is 18.8. The lowest BCUT2D eigenvalue weighted by molar-refractivity contribution is -0.118. The minimum Gasteiger partial charge on any atom is -0.370 e. The summed E-state index contributed by atoms with van der Waals surface area (Å²) in [5.74, 6) is 0.769. The Labute approximate surface area is 105 Å². The Morgan fingerprint density at radius 3 is 2.94 bits per heavy atom. The third kappa shape index (κ3) is 4.86. The Bertz CT molecular complexity index is 385. The summed E-state index contributed by atoms with van der Waals surface area (Å²) < 4.78 is 0. The molecule has 0 unspecified atom stereocenters. The third-order valence-corrected chi connectivity index (χ3v) is 2.25. The Hall–Kier alpha value is -1.56. The molecule has 0 radical (unpaired) electrons. The van der Waals surface area contributed by atoms with Gasteiger partial charge < -0.3 is 16.4 Å². The first-order chi connectivity index (χ1) is 8.13. The fraction of sp³-hybridized carbons (Fsp3) is 0.500. The van der Waals surface area contributed by atoms with Gasteiger partial charge in [-0.25, -0.2) is 4.98 Å². The quantitative estimate of drug-likeness (QED) is 0.639. The number of nitrogens with two attached hydrogens (primary N) is 1. The lowest BCUT2D eigenvalue weighted by Crippen LogP contribution is -2.13. The van der Waals surface area contributed by atoms with E-state index < -0.39 is 0 Å². The van der Waals surface area contributed by atoms with Crippen molar-refractivity contribution in [3.05, 3.63) is 11.2 Å². The van der Waals surface area contributed by atoms with Gasteiger partial charge in [-0.05, 0) is 13.3 Å². The number of anilines is 2. The summed E-state index contributed by atoms with van der Waals surface area (Å²) >= 11 is 5.93. The molecular formula is C10H16ClN5O. The largest absolute Gasteiger partial charge is 0.370 e. The van der Waals surface area contributed by atoms with Crippen molar-refractivity contribution >= 4 is 29.3 Å². The Morgan fingerprint density at radius 1 is 1.53 bits per heavy atom. The SMILES string of the molecule is CCNc1ncc(Cl)c(NCCCC(N)=O)n1. The highest BCUT2D eigenvalue weighted by molar-refractivity contribution is 6.32. The molecular weight excluding hydrogens is 242 g/mol. The first-order valence-corrected chi connectivity index (χ1v) is 5.80. The fourth-order valence-electron chi connectivity index (χ4n) is 1.20. The average molecular weight is 258 g/mol. The molecule has 17 heavy (non-hydrogen) atoms. The number of carbonyl (C=O) groups is 1. The van der Waals surface area contributed by atoms with Crippen LogP contribution in [0.5, 0.6) is 0 Å². The van der Waals surface area contributed by atoms with Crippen LogP contribution in [0.4, 0.5) is 11.8 Å². The van der Waals surface area contributed by atoms with Gasteiger partial charge in [-0.2, -0.15) is 4.98 Å². The van der Waals surface area contributed by atoms with Crippen molar-refractivity contribution in [1.29, 1.82) is 0 Å². The Morgan fingerprint density at radius 2 is 2.29 bits per heavy atom. The summed E-state index contributed by atoms with van der Waals surface area (Å²) in [5, 5.41) is 6.47. The van der Waals surface area contributed by atoms with Gasteiger partial charge in [-0.3, -0.25) is 4.79 Å². The van der Waals surface area contributed by atoms with E-state index in [0.29, 0.717) is 36.2 Å². The van der Waals surface area contributed by atoms with Crippen molar-refractivity contribution in [2.24, 2.45) is 5.73 Å². The molecule has 0 aliphatic carbocycles. The molecule has 4 N–H and O–H groups in total. The number of nitrogens with zero attached hydrogens (tertiary/aromatic N) is 2. The smallest absolute Gasteiger partial charge is 0.224 e. The second-order valence-electron chi connectivity index (χ2n) is 3.42. The number of nitrogens with one attached hydrogen (secondary N) is 2. The lowest BCUT2D eigenvalue weighted by atomic mass is 10.3. The van der Waals surface area contributed by atoms with E-state index in [9.17, 15) is 4.79 Å². The number of carbonyl (C=O) groups excluding carboxylic acids is 1. The monoisotopic (exact) mass is 257 g/mol. The second kappa shape index (κ2) is 6.90. The number of halogens is 1. The van der Waals surface area contributed by atoms with E-state index in [1.54, 1.807) is 0 Å². The molecule has 0 fully saturated rings. The molecule has 1 amide bonds. The number of hydrogen-bond donors (Lipinski definition) is 3. The number of aromatic nitrogens is 2. The van der Waals surface area contributed by atoms with E-state index in [2.05, 4.69) is 20.6 Å². The van der Waals surface area contributed by atoms with E-state index >= 15 is 0 Å². The van der Waals surface area contributed by atoms with Crippen molar-refractivity contribution in [2.45, 2.75) is 19.8 Å². The lowest BCUT2D eigenvalue weighted by Gasteiger charge is -2.08. The van der Waals surface area contributed by atoms with E-state index in [1.807, 2.05) is 6.92 Å². The maximum absolute atomic E-state index is 10.5. The average Bonchev–Trinajstić information content (AvgIpc) is 2.28. The fourth-order valence-corrected chi connectivity index (χ4v) is 1.36. The highest BCUT2D eigenvalue weighted by Gasteiger charge is 2.04. The normalized spacial score (nSPS) is 10.0. The molecule has 0 aromatic carbocycles. The number of rotatable bonds is 7. The van der Waals surface area contributed by atoms with Crippen LogP contribution in [0, 0.1) is 0 Å². The zero-order valence-electron chi connectivity index (χ0n) is 9.66. The highest BCUT2D eigenvalue weighted by atomic mass is 35.5. The van der Waals surface area contributed by atoms with Crippen molar-refractivity contribution in [3.8, 4) is 0 Å². The van der Waals surface area contributed by atoms with Crippen LogP contribution >= 0.6 is 11.6 Å². The summed E-state index contributed by atoms with van der Waals surface area (Å²) in [6, 6.07) is 0. The van der Waals surface area contributed by atoms with E-state index in [4.69, 9.17) is 17.3 Å². The number of amides is 1. The molecule has 6 nitrogen and oxygen atoms in total. The summed E-state index contributed by atoms with van der Waals surface area (Å²) in [7, 11) is 0. The molecule has 1 heterocycles. The predicted octanol–water partition coefficient (Wildman–Crippen LogP) is 1.24. The minimum absolute atomic E-state index is 0.311. The predicted molar refractivity (Wildman–Crippen MR) is 68.1 cm³/mol. The van der Waals surface area contributed by atoms with Gasteiger partial charge in [0.15, 0.2) is 0 Å². The van der Waals surface area contributed by atoms with Crippen molar-refractivity contribution in [2.75, 3.05) is 23.7 Å². The number of hydrogen-bond acceptors (Lipinski definition) is 5. The standard InChI is InChI=1S/C10H16ClN5O/c1-2-13-10-15-6-7(11)9(16-10)14-5-3-4-8(12)17/h6H,2-5H2,1H3,(H2,12,17)(H2,13,14,15,16). The van der Waals surface area contributed by atoms with Crippen LogP contribution in [0.1, 0.15) is 19.8 Å². The molecule has 94 valence electrons. The molecule has 0 spiro atoms. The van der Waals surface area contributed by atoms with Crippen molar-refractivity contribution in [3.63, 3.8) is 0 Å². The van der Waals surface area contributed by atoms with E-state index in [-0.39, 0.29) is 5.91 Å². The van der Waals surface area contributed by atoms with Crippen LogP contribution in [0.2, 0.25) is 5.02 Å². The summed E-state index contributed by atoms with van der Waals surface area (Å²) in [6.45, 7) is 3.28. The van der Waals surface area contributed by atoms with Gasteiger partial charge in [0.25, 0.3) is 0 Å². The minimum atomic E-state index is -0.311. The van der Waals surface area contributed by atoms with Crippen LogP contribution in [-0.2, 0) is 4.79 Å². The summed E-state index contributed by atoms with van der Waals surface area (Å²) in [5.41, 5.74) is 5.04. The van der Waals surface area contributed by atoms with Gasteiger partial charge in [0, 0.05) is 19.5 Å². The zero-order chi connectivity index (χ0) is 12.7. The molecule has 1 rings (SSSR count). The first-order valence-electron chi connectivity index (χ1n) is 5.42. The zero-order valence-corrected chi connectivity index (χ0v) is 10.4. The van der Waals surface area contributed by atoms with E-state index in [0.717, 1.165) is 6.54 Å². The molecule has 0 aliphatic rings. The Balaban J connectivity index is 2.51. The van der Waals surface area contributed by atoms with Crippen molar-refractivity contribution in [1.82, 2.24) is 9.97 Å². The van der Waals surface area contributed by atoms with Gasteiger partial charge in [0.05, 0.1) is 6.20 Å². The van der Waals surface area contributed by atoms with E-state index in [1.165, 1.54) is 6.20 Å². The highest BCUT2D eigenvalue weighted by Crippen LogP contribution is 2.19. The topological polar surface area (TPSA) is 92.9 Å². The molecule has 1 aromatic heterocycles. The van der Waals surface area contributed by atoms with Crippen LogP contribution in [0.25, 0.3) is 0 Å². The maximum atomic E-state index is 10.5. The first kappa shape index (κ1) is 13.5. The van der Waals surface area contributed by atoms with Crippen molar-refractivity contribution < 1.29 is 4.79 Å².